The number of halogens is 1. The van der Waals surface area contributed by atoms with Crippen molar-refractivity contribution in [3.8, 4) is 5.75 Å². The van der Waals surface area contributed by atoms with E-state index >= 15 is 0 Å². The Morgan fingerprint density at radius 1 is 1.46 bits per heavy atom. The van der Waals surface area contributed by atoms with Gasteiger partial charge in [-0.15, -0.1) is 0 Å². The molecule has 72 valence electrons. The molecule has 0 fully saturated rings. The molecule has 0 aliphatic carbocycles. The van der Waals surface area contributed by atoms with Gasteiger partial charge in [-0.1, -0.05) is 0 Å². The van der Waals surface area contributed by atoms with Crippen LogP contribution in [0.25, 0.3) is 0 Å². The smallest absolute Gasteiger partial charge is 0.296 e. The molecular weight excluding hydrogens is 199 g/mol. The number of nitrogens with two attached hydrogens (primary N) is 1. The third-order valence-electron chi connectivity index (χ3n) is 1.21. The highest BCUT2D eigenvalue weighted by Crippen LogP contribution is 2.19. The number of nitrogens with one attached hydrogen (secondary N) is 1. The summed E-state index contributed by atoms with van der Waals surface area (Å²) in [5, 5.41) is 13.4. The van der Waals surface area contributed by atoms with E-state index in [0.29, 0.717) is 0 Å². The lowest BCUT2D eigenvalue weighted by molar-refractivity contribution is 0.432. The average molecular weight is 206 g/mol. The van der Waals surface area contributed by atoms with Crippen LogP contribution in [0.3, 0.4) is 0 Å². The van der Waals surface area contributed by atoms with Crippen molar-refractivity contribution in [2.45, 2.75) is 0 Å². The van der Waals surface area contributed by atoms with E-state index in [1.165, 1.54) is 6.07 Å². The van der Waals surface area contributed by atoms with Crippen molar-refractivity contribution >= 4 is 15.9 Å². The van der Waals surface area contributed by atoms with Gasteiger partial charge in [-0.3, -0.25) is 4.72 Å². The molecule has 0 unspecified atom stereocenters. The molecular formula is C6H7FN2O3S. The summed E-state index contributed by atoms with van der Waals surface area (Å²) in [7, 11) is -3.91. The van der Waals surface area contributed by atoms with Crippen LogP contribution >= 0.6 is 0 Å². The molecule has 0 aliphatic heterocycles. The van der Waals surface area contributed by atoms with E-state index in [2.05, 4.69) is 5.14 Å². The molecule has 0 aliphatic rings. The van der Waals surface area contributed by atoms with Crippen LogP contribution in [0.15, 0.2) is 18.2 Å². The van der Waals surface area contributed by atoms with Gasteiger partial charge in [-0.05, 0) is 12.1 Å². The van der Waals surface area contributed by atoms with E-state index in [-0.39, 0.29) is 5.69 Å². The van der Waals surface area contributed by atoms with Crippen LogP contribution in [0.2, 0.25) is 0 Å². The fourth-order valence-electron chi connectivity index (χ4n) is 0.735. The molecule has 0 radical (unpaired) electrons. The summed E-state index contributed by atoms with van der Waals surface area (Å²) in [5.74, 6) is -1.48. The van der Waals surface area contributed by atoms with Crippen LogP contribution in [-0.2, 0) is 10.2 Å². The van der Waals surface area contributed by atoms with E-state index in [0.717, 1.165) is 12.1 Å². The number of anilines is 1. The predicted octanol–water partition coefficient (Wildman–Crippen LogP) is 0.147. The summed E-state index contributed by atoms with van der Waals surface area (Å²) in [6.07, 6.45) is 0. The van der Waals surface area contributed by atoms with E-state index in [4.69, 9.17) is 5.11 Å². The molecule has 0 amide bonds. The van der Waals surface area contributed by atoms with Gasteiger partial charge in [0.25, 0.3) is 10.2 Å². The summed E-state index contributed by atoms with van der Waals surface area (Å²) >= 11 is 0. The Labute approximate surface area is 74.2 Å². The molecule has 0 atom stereocenters. The number of aromatic hydroxyl groups is 1. The lowest BCUT2D eigenvalue weighted by Gasteiger charge is -2.03. The topological polar surface area (TPSA) is 92.4 Å². The van der Waals surface area contributed by atoms with Crippen LogP contribution in [0, 0.1) is 5.82 Å². The maximum absolute atomic E-state index is 12.6. The fraction of sp³-hybridized carbons (Fsp3) is 0. The molecule has 0 aromatic heterocycles. The Morgan fingerprint density at radius 2 is 2.08 bits per heavy atom. The molecule has 7 heteroatoms. The SMILES string of the molecule is NS(=O)(=O)Nc1ccc(O)c(F)c1. The first-order valence-corrected chi connectivity index (χ1v) is 4.72. The zero-order valence-corrected chi connectivity index (χ0v) is 7.18. The van der Waals surface area contributed by atoms with Gasteiger partial charge in [-0.25, -0.2) is 9.53 Å². The fourth-order valence-corrected chi connectivity index (χ4v) is 1.19. The summed E-state index contributed by atoms with van der Waals surface area (Å²) < 4.78 is 35.4. The summed E-state index contributed by atoms with van der Waals surface area (Å²) in [5.41, 5.74) is -0.0437. The lowest BCUT2D eigenvalue weighted by atomic mass is 10.3. The molecule has 1 aromatic rings. The number of phenolic OH excluding ortho intramolecular Hbond substituents is 1. The van der Waals surface area contributed by atoms with Crippen LogP contribution < -0.4 is 9.86 Å². The van der Waals surface area contributed by atoms with Gasteiger partial charge < -0.3 is 5.11 Å². The van der Waals surface area contributed by atoms with Crippen LogP contribution in [0.4, 0.5) is 10.1 Å². The minimum absolute atomic E-state index is 0.0437. The number of phenols is 1. The largest absolute Gasteiger partial charge is 0.505 e. The van der Waals surface area contributed by atoms with Gasteiger partial charge in [0.1, 0.15) is 0 Å². The summed E-state index contributed by atoms with van der Waals surface area (Å²) in [6.45, 7) is 0. The van der Waals surface area contributed by atoms with Gasteiger partial charge in [0.15, 0.2) is 11.6 Å². The average Bonchev–Trinajstić information content (AvgIpc) is 1.94. The summed E-state index contributed by atoms with van der Waals surface area (Å²) in [6, 6.07) is 3.02. The van der Waals surface area contributed by atoms with E-state index in [9.17, 15) is 12.8 Å². The second-order valence-corrected chi connectivity index (χ2v) is 3.61. The first kappa shape index (κ1) is 9.75. The Morgan fingerprint density at radius 3 is 2.54 bits per heavy atom. The standard InChI is InChI=1S/C6H7FN2O3S/c7-5-3-4(1-2-6(5)10)9-13(8,11)12/h1-3,9-10H,(H2,8,11,12). The Balaban J connectivity index is 2.99. The van der Waals surface area contributed by atoms with Crippen molar-refractivity contribution in [3.63, 3.8) is 0 Å². The molecule has 13 heavy (non-hydrogen) atoms. The molecule has 0 heterocycles. The normalized spacial score (nSPS) is 11.2. The predicted molar refractivity (Wildman–Crippen MR) is 44.8 cm³/mol. The second-order valence-electron chi connectivity index (χ2n) is 2.31. The van der Waals surface area contributed by atoms with Gasteiger partial charge in [0.05, 0.1) is 5.69 Å². The van der Waals surface area contributed by atoms with E-state index in [1.54, 1.807) is 0 Å². The number of hydrogen-bond donors (Lipinski definition) is 3. The van der Waals surface area contributed by atoms with Crippen molar-refractivity contribution in [2.24, 2.45) is 5.14 Å². The molecule has 4 N–H and O–H groups in total. The molecule has 0 spiro atoms. The molecule has 1 aromatic carbocycles. The van der Waals surface area contributed by atoms with Gasteiger partial charge >= 0.3 is 0 Å². The zero-order chi connectivity index (χ0) is 10.1. The van der Waals surface area contributed by atoms with Crippen LogP contribution in [-0.4, -0.2) is 13.5 Å². The molecule has 0 saturated heterocycles. The zero-order valence-electron chi connectivity index (χ0n) is 6.36. The minimum Gasteiger partial charge on any atom is -0.505 e. The van der Waals surface area contributed by atoms with Gasteiger partial charge in [0.2, 0.25) is 0 Å². The Bertz CT molecular complexity index is 418. The quantitative estimate of drug-likeness (QED) is 0.601. The van der Waals surface area contributed by atoms with Crippen molar-refractivity contribution in [1.29, 1.82) is 0 Å². The first-order chi connectivity index (χ1) is 5.88. The molecule has 1 rings (SSSR count). The van der Waals surface area contributed by atoms with E-state index < -0.39 is 21.8 Å². The minimum atomic E-state index is -3.91. The monoisotopic (exact) mass is 206 g/mol. The van der Waals surface area contributed by atoms with E-state index in [1.807, 2.05) is 4.72 Å². The van der Waals surface area contributed by atoms with Gasteiger partial charge in [0, 0.05) is 6.07 Å². The molecule has 0 bridgehead atoms. The van der Waals surface area contributed by atoms with Crippen molar-refractivity contribution < 1.29 is 17.9 Å². The number of rotatable bonds is 2. The van der Waals surface area contributed by atoms with Crippen molar-refractivity contribution in [2.75, 3.05) is 4.72 Å². The third-order valence-corrected chi connectivity index (χ3v) is 1.73. The number of benzene rings is 1. The maximum Gasteiger partial charge on any atom is 0.296 e. The highest BCUT2D eigenvalue weighted by Gasteiger charge is 2.05. The Kier molecular flexibility index (Phi) is 2.39. The third kappa shape index (κ3) is 2.88. The Hall–Kier alpha value is -1.34. The lowest BCUT2D eigenvalue weighted by Crippen LogP contribution is -2.21. The molecule has 0 saturated carbocycles. The number of hydrogen-bond acceptors (Lipinski definition) is 3. The van der Waals surface area contributed by atoms with Gasteiger partial charge in [-0.2, -0.15) is 8.42 Å². The highest BCUT2D eigenvalue weighted by atomic mass is 32.2. The first-order valence-electron chi connectivity index (χ1n) is 3.17. The summed E-state index contributed by atoms with van der Waals surface area (Å²) in [4.78, 5) is 0. The molecule has 5 nitrogen and oxygen atoms in total. The maximum atomic E-state index is 12.6. The van der Waals surface area contributed by atoms with Crippen LogP contribution in [0.5, 0.6) is 5.75 Å². The van der Waals surface area contributed by atoms with Crippen LogP contribution in [0.1, 0.15) is 0 Å². The van der Waals surface area contributed by atoms with Crippen molar-refractivity contribution in [3.05, 3.63) is 24.0 Å². The highest BCUT2D eigenvalue weighted by molar-refractivity contribution is 7.90. The second kappa shape index (κ2) is 3.19. The van der Waals surface area contributed by atoms with Crippen molar-refractivity contribution in [1.82, 2.24) is 0 Å².